The van der Waals surface area contributed by atoms with Crippen molar-refractivity contribution in [3.63, 3.8) is 0 Å². The van der Waals surface area contributed by atoms with Gasteiger partial charge in [-0.15, -0.1) is 0 Å². The van der Waals surface area contributed by atoms with E-state index < -0.39 is 22.5 Å². The predicted octanol–water partition coefficient (Wildman–Crippen LogP) is 3.63. The second kappa shape index (κ2) is 10.1. The van der Waals surface area contributed by atoms with E-state index in [9.17, 15) is 13.2 Å². The van der Waals surface area contributed by atoms with Crippen LogP contribution in [0.5, 0.6) is 11.5 Å². The molecular formula is C19H19ClN2O5S. The van der Waals surface area contributed by atoms with Crippen molar-refractivity contribution in [2.24, 2.45) is 0 Å². The lowest BCUT2D eigenvalue weighted by molar-refractivity contribution is -0.142. The Hall–Kier alpha value is -2.60. The summed E-state index contributed by atoms with van der Waals surface area (Å²) in [5.74, 6) is -0.0442. The van der Waals surface area contributed by atoms with E-state index in [1.165, 1.54) is 24.3 Å². The number of sulfonamides is 1. The van der Waals surface area contributed by atoms with Gasteiger partial charge in [0, 0.05) is 0 Å². The number of nitrogens with one attached hydrogen (secondary N) is 1. The van der Waals surface area contributed by atoms with Crippen molar-refractivity contribution in [1.82, 2.24) is 4.72 Å². The van der Waals surface area contributed by atoms with Crippen molar-refractivity contribution in [2.45, 2.75) is 24.7 Å². The molecule has 0 unspecified atom stereocenters. The van der Waals surface area contributed by atoms with Crippen molar-refractivity contribution in [2.75, 3.05) is 13.2 Å². The van der Waals surface area contributed by atoms with Crippen LogP contribution in [0.25, 0.3) is 0 Å². The highest BCUT2D eigenvalue weighted by Gasteiger charge is 2.16. The first-order valence-corrected chi connectivity index (χ1v) is 10.4. The summed E-state index contributed by atoms with van der Waals surface area (Å²) in [6.07, 6.45) is 1.60. The first kappa shape index (κ1) is 21.7. The van der Waals surface area contributed by atoms with Crippen LogP contribution < -0.4 is 9.46 Å². The molecule has 2 aromatic carbocycles. The highest BCUT2D eigenvalue weighted by Crippen LogP contribution is 2.30. The number of hydrogen-bond donors (Lipinski definition) is 1. The molecule has 148 valence electrons. The Morgan fingerprint density at radius 3 is 2.57 bits per heavy atom. The Labute approximate surface area is 168 Å². The van der Waals surface area contributed by atoms with Crippen molar-refractivity contribution < 1.29 is 22.7 Å². The third-order valence-corrected chi connectivity index (χ3v) is 5.35. The molecule has 9 heteroatoms. The molecule has 0 aliphatic rings. The molecule has 0 amide bonds. The van der Waals surface area contributed by atoms with Crippen LogP contribution in [-0.4, -0.2) is 27.5 Å². The highest BCUT2D eigenvalue weighted by atomic mass is 35.5. The van der Waals surface area contributed by atoms with Crippen LogP contribution in [0.15, 0.2) is 47.4 Å². The van der Waals surface area contributed by atoms with E-state index in [1.54, 1.807) is 18.2 Å². The maximum atomic E-state index is 12.3. The molecule has 0 radical (unpaired) electrons. The van der Waals surface area contributed by atoms with E-state index in [0.717, 1.165) is 12.8 Å². The van der Waals surface area contributed by atoms with E-state index >= 15 is 0 Å². The lowest BCUT2D eigenvalue weighted by Gasteiger charge is -2.10. The molecule has 0 aromatic heterocycles. The minimum atomic E-state index is -3.87. The average molecular weight is 423 g/mol. The molecule has 0 saturated carbocycles. The smallest absolute Gasteiger partial charge is 0.321 e. The van der Waals surface area contributed by atoms with Gasteiger partial charge >= 0.3 is 5.97 Å². The van der Waals surface area contributed by atoms with E-state index in [-0.39, 0.29) is 27.8 Å². The number of esters is 1. The second-order valence-corrected chi connectivity index (χ2v) is 7.87. The first-order chi connectivity index (χ1) is 13.4. The Bertz CT molecular complexity index is 969. The molecule has 1 N–H and O–H groups in total. The number of ether oxygens (including phenoxy) is 2. The Morgan fingerprint density at radius 1 is 1.21 bits per heavy atom. The maximum Gasteiger partial charge on any atom is 0.321 e. The zero-order chi connectivity index (χ0) is 20.6. The third kappa shape index (κ3) is 5.96. The zero-order valence-corrected chi connectivity index (χ0v) is 16.7. The van der Waals surface area contributed by atoms with Gasteiger partial charge in [0.25, 0.3) is 0 Å². The molecular weight excluding hydrogens is 404 g/mol. The van der Waals surface area contributed by atoms with Crippen molar-refractivity contribution in [3.8, 4) is 17.6 Å². The van der Waals surface area contributed by atoms with Gasteiger partial charge < -0.3 is 9.47 Å². The predicted molar refractivity (Wildman–Crippen MR) is 104 cm³/mol. The third-order valence-electron chi connectivity index (χ3n) is 3.62. The summed E-state index contributed by atoms with van der Waals surface area (Å²) in [4.78, 5) is 11.5. The van der Waals surface area contributed by atoms with Crippen molar-refractivity contribution in [3.05, 3.63) is 53.1 Å². The Kier molecular flexibility index (Phi) is 7.81. The van der Waals surface area contributed by atoms with Gasteiger partial charge in [0.15, 0.2) is 0 Å². The molecule has 7 nitrogen and oxygen atoms in total. The quantitative estimate of drug-likeness (QED) is 0.488. The molecule has 0 aliphatic heterocycles. The molecule has 0 spiro atoms. The maximum absolute atomic E-state index is 12.3. The zero-order valence-electron chi connectivity index (χ0n) is 15.1. The van der Waals surface area contributed by atoms with Gasteiger partial charge in [-0.25, -0.2) is 8.42 Å². The second-order valence-electron chi connectivity index (χ2n) is 5.70. The van der Waals surface area contributed by atoms with E-state index in [0.29, 0.717) is 5.75 Å². The average Bonchev–Trinajstić information content (AvgIpc) is 2.67. The summed E-state index contributed by atoms with van der Waals surface area (Å²) in [6.45, 7) is 1.77. The number of halogens is 1. The number of nitrogens with zero attached hydrogens (tertiary/aromatic N) is 1. The highest BCUT2D eigenvalue weighted by molar-refractivity contribution is 7.89. The fourth-order valence-corrected chi connectivity index (χ4v) is 3.31. The van der Waals surface area contributed by atoms with Gasteiger partial charge in [0.2, 0.25) is 10.0 Å². The molecule has 28 heavy (non-hydrogen) atoms. The number of nitriles is 1. The van der Waals surface area contributed by atoms with Crippen molar-refractivity contribution >= 4 is 27.6 Å². The van der Waals surface area contributed by atoms with Gasteiger partial charge in [-0.3, -0.25) is 4.79 Å². The summed E-state index contributed by atoms with van der Waals surface area (Å²) >= 11 is 5.95. The first-order valence-electron chi connectivity index (χ1n) is 8.49. The number of benzene rings is 2. The summed E-state index contributed by atoms with van der Waals surface area (Å²) in [7, 11) is -3.87. The molecule has 0 fully saturated rings. The van der Waals surface area contributed by atoms with Crippen molar-refractivity contribution in [1.29, 1.82) is 5.26 Å². The van der Waals surface area contributed by atoms with Gasteiger partial charge in [-0.2, -0.15) is 9.98 Å². The number of hydrogen-bond acceptors (Lipinski definition) is 6. The van der Waals surface area contributed by atoms with Crippen LogP contribution in [0.1, 0.15) is 25.3 Å². The molecule has 0 atom stereocenters. The minimum absolute atomic E-state index is 0.0344. The lowest BCUT2D eigenvalue weighted by Crippen LogP contribution is -2.30. The standard InChI is InChI=1S/C19H19ClN2O5S/c1-2-3-11-26-19(23)13-22-28(24,25)15-9-7-14(8-10-15)27-18-6-4-5-17(20)16(18)12-21/h4-10,22H,2-3,11,13H2,1H3. The number of rotatable bonds is 9. The fraction of sp³-hybridized carbons (Fsp3) is 0.263. The Morgan fingerprint density at radius 2 is 1.93 bits per heavy atom. The van der Waals surface area contributed by atoms with E-state index in [1.807, 2.05) is 13.0 Å². The van der Waals surface area contributed by atoms with Crippen LogP contribution in [-0.2, 0) is 19.6 Å². The van der Waals surface area contributed by atoms with Gasteiger partial charge in [0.1, 0.15) is 29.7 Å². The lowest BCUT2D eigenvalue weighted by atomic mass is 10.2. The summed E-state index contributed by atoms with van der Waals surface area (Å²) < 4.78 is 37.2. The molecule has 2 aromatic rings. The van der Waals surface area contributed by atoms with Crippen LogP contribution in [0, 0.1) is 11.3 Å². The molecule has 0 saturated heterocycles. The van der Waals surface area contributed by atoms with E-state index in [2.05, 4.69) is 4.72 Å². The SMILES string of the molecule is CCCCOC(=O)CNS(=O)(=O)c1ccc(Oc2cccc(Cl)c2C#N)cc1. The van der Waals surface area contributed by atoms with Crippen LogP contribution in [0.4, 0.5) is 0 Å². The number of unbranched alkanes of at least 4 members (excludes halogenated alkanes) is 1. The Balaban J connectivity index is 2.02. The summed E-state index contributed by atoms with van der Waals surface area (Å²) in [5.41, 5.74) is 0.184. The van der Waals surface area contributed by atoms with Crippen LogP contribution in [0.3, 0.4) is 0 Å². The monoisotopic (exact) mass is 422 g/mol. The number of carbonyl (C=O) groups is 1. The molecule has 0 heterocycles. The minimum Gasteiger partial charge on any atom is -0.465 e. The van der Waals surface area contributed by atoms with Gasteiger partial charge in [-0.05, 0) is 42.8 Å². The number of carbonyl (C=O) groups excluding carboxylic acids is 1. The molecule has 2 rings (SSSR count). The van der Waals surface area contributed by atoms with Gasteiger partial charge in [-0.1, -0.05) is 31.0 Å². The van der Waals surface area contributed by atoms with E-state index in [4.69, 9.17) is 26.3 Å². The molecule has 0 bridgehead atoms. The summed E-state index contributed by atoms with van der Waals surface area (Å²) in [6, 6.07) is 12.3. The molecule has 0 aliphatic carbocycles. The largest absolute Gasteiger partial charge is 0.465 e. The van der Waals surface area contributed by atoms with Crippen LogP contribution >= 0.6 is 11.6 Å². The van der Waals surface area contributed by atoms with Gasteiger partial charge in [0.05, 0.1) is 16.5 Å². The normalized spacial score (nSPS) is 10.9. The fourth-order valence-electron chi connectivity index (χ4n) is 2.13. The topological polar surface area (TPSA) is 105 Å². The summed E-state index contributed by atoms with van der Waals surface area (Å²) in [5, 5.41) is 9.42. The van der Waals surface area contributed by atoms with Crippen LogP contribution in [0.2, 0.25) is 5.02 Å².